The maximum absolute atomic E-state index is 13.0. The number of nitriles is 1. The summed E-state index contributed by atoms with van der Waals surface area (Å²) in [6.45, 7) is 6.33. The van der Waals surface area contributed by atoms with E-state index in [1.54, 1.807) is 12.2 Å². The Bertz CT molecular complexity index is 1660. The Morgan fingerprint density at radius 2 is 1.78 bits per heavy atom. The minimum Gasteiger partial charge on any atom is -0.507 e. The van der Waals surface area contributed by atoms with E-state index in [2.05, 4.69) is 16.3 Å². The predicted octanol–water partition coefficient (Wildman–Crippen LogP) is 2.71. The topological polar surface area (TPSA) is 147 Å². The fourth-order valence-electron chi connectivity index (χ4n) is 7.60. The molecule has 4 heterocycles. The summed E-state index contributed by atoms with van der Waals surface area (Å²) in [7, 11) is 1.91. The van der Waals surface area contributed by atoms with Crippen LogP contribution < -0.4 is 20.1 Å². The van der Waals surface area contributed by atoms with Gasteiger partial charge in [-0.1, -0.05) is 6.07 Å². The van der Waals surface area contributed by atoms with Gasteiger partial charge in [0.05, 0.1) is 18.2 Å². The number of amides is 2. The van der Waals surface area contributed by atoms with Gasteiger partial charge in [0.25, 0.3) is 0 Å². The van der Waals surface area contributed by atoms with Crippen molar-refractivity contribution >= 4 is 11.8 Å². The molecule has 11 nitrogen and oxygen atoms in total. The van der Waals surface area contributed by atoms with Crippen LogP contribution in [-0.4, -0.2) is 82.6 Å². The molecule has 2 bridgehead atoms. The quantitative estimate of drug-likeness (QED) is 0.401. The lowest BCUT2D eigenvalue weighted by molar-refractivity contribution is -0.174. The monoisotopic (exact) mass is 629 g/mol. The Hall–Kier alpha value is -4.22. The molecular weight excluding hydrogens is 595 g/mol. The Balaban J connectivity index is 1.47. The second kappa shape index (κ2) is 10.7. The highest BCUT2D eigenvalue weighted by molar-refractivity contribution is 5.89. The number of piperazine rings is 1. The van der Waals surface area contributed by atoms with E-state index in [1.807, 2.05) is 31.9 Å². The first-order valence-electron chi connectivity index (χ1n) is 14.7. The minimum atomic E-state index is -5.16. The molecule has 1 unspecified atom stereocenters. The van der Waals surface area contributed by atoms with Crippen molar-refractivity contribution in [2.45, 2.75) is 83.0 Å². The van der Waals surface area contributed by atoms with Gasteiger partial charge in [0.15, 0.2) is 11.5 Å². The van der Waals surface area contributed by atoms with E-state index < -0.39 is 48.2 Å². The molecule has 0 aliphatic carbocycles. The Labute approximate surface area is 257 Å². The molecule has 0 radical (unpaired) electrons. The molecule has 2 amide bonds. The zero-order valence-corrected chi connectivity index (χ0v) is 25.4. The first-order valence-corrected chi connectivity index (χ1v) is 14.7. The second-order valence-electron chi connectivity index (χ2n) is 12.3. The van der Waals surface area contributed by atoms with E-state index in [1.165, 1.54) is 0 Å². The molecular formula is C31H34F3N5O6. The number of alkyl halides is 3. The Morgan fingerprint density at radius 1 is 1.09 bits per heavy atom. The van der Waals surface area contributed by atoms with Crippen molar-refractivity contribution in [1.29, 1.82) is 5.26 Å². The molecule has 0 saturated carbocycles. The second-order valence-corrected chi connectivity index (χ2v) is 12.3. The Morgan fingerprint density at radius 3 is 2.44 bits per heavy atom. The standard InChI is InChI=1S/C31H34F3N5O6/c1-12-6-16-7-18-20(9-35)39-19(24(38(18)5)22(16)26(41)13(12)2)8-17-23(28-27(44-11-45-28)14(3)25(17)40)21(39)10-36-29(42)15(4)37-30(43)31(32,33)34/h6,15,18-21,24,40-41H,7-8,10-11H2,1-5H3,(H,36,42)(H,37,43)/t15-,18-,19?,20+,21+,24+/m1/s1. The van der Waals surface area contributed by atoms with Crippen molar-refractivity contribution in [1.82, 2.24) is 20.4 Å². The average molecular weight is 630 g/mol. The summed E-state index contributed by atoms with van der Waals surface area (Å²) in [5.74, 6) is -2.24. The number of fused-ring (bicyclic) bond motifs is 9. The first-order chi connectivity index (χ1) is 21.2. The maximum atomic E-state index is 13.0. The largest absolute Gasteiger partial charge is 0.507 e. The van der Waals surface area contributed by atoms with Gasteiger partial charge in [0.2, 0.25) is 12.7 Å². The van der Waals surface area contributed by atoms with E-state index in [9.17, 15) is 38.2 Å². The molecule has 14 heteroatoms. The van der Waals surface area contributed by atoms with Crippen LogP contribution in [0.1, 0.15) is 58.0 Å². The van der Waals surface area contributed by atoms with Crippen LogP contribution in [0.15, 0.2) is 6.07 Å². The van der Waals surface area contributed by atoms with E-state index in [4.69, 9.17) is 9.47 Å². The van der Waals surface area contributed by atoms with Crippen LogP contribution >= 0.6 is 0 Å². The number of ether oxygens (including phenoxy) is 2. The van der Waals surface area contributed by atoms with Gasteiger partial charge in [-0.2, -0.15) is 18.4 Å². The van der Waals surface area contributed by atoms with Gasteiger partial charge in [0, 0.05) is 40.9 Å². The van der Waals surface area contributed by atoms with Crippen LogP contribution in [0.3, 0.4) is 0 Å². The van der Waals surface area contributed by atoms with Gasteiger partial charge in [-0.05, 0) is 64.3 Å². The van der Waals surface area contributed by atoms with Crippen LogP contribution in [0.2, 0.25) is 0 Å². The number of phenols is 2. The smallest absolute Gasteiger partial charge is 0.471 e. The van der Waals surface area contributed by atoms with E-state index in [-0.39, 0.29) is 37.3 Å². The number of aryl methyl sites for hydroxylation is 1. The molecule has 1 fully saturated rings. The van der Waals surface area contributed by atoms with Crippen LogP contribution in [0.5, 0.6) is 23.0 Å². The summed E-state index contributed by atoms with van der Waals surface area (Å²) >= 11 is 0. The van der Waals surface area contributed by atoms with Gasteiger partial charge in [0.1, 0.15) is 23.6 Å². The third kappa shape index (κ3) is 4.63. The fourth-order valence-corrected chi connectivity index (χ4v) is 7.60. The number of halogens is 3. The molecule has 2 aromatic rings. The summed E-state index contributed by atoms with van der Waals surface area (Å²) in [5.41, 5.74) is 4.89. The molecule has 2 aromatic carbocycles. The lowest BCUT2D eigenvalue weighted by Crippen LogP contribution is -2.69. The number of rotatable bonds is 4. The molecule has 0 aromatic heterocycles. The van der Waals surface area contributed by atoms with E-state index in [0.29, 0.717) is 34.6 Å². The van der Waals surface area contributed by atoms with Crippen LogP contribution in [-0.2, 0) is 22.4 Å². The SMILES string of the molecule is Cc1cc2c(c(O)c1C)[C@@H]1C3Cc4c(O)c(C)c5c(c4[C@H](CNC(=O)[C@@H](C)NC(=O)C(F)(F)F)N3[C@@H](C#N)[C@@H](C2)N1C)OCO5. The highest BCUT2D eigenvalue weighted by atomic mass is 19.4. The molecule has 4 N–H and O–H groups in total. The third-order valence-corrected chi connectivity index (χ3v) is 9.93. The molecule has 0 spiro atoms. The zero-order chi connectivity index (χ0) is 32.7. The molecule has 240 valence electrons. The highest BCUT2D eigenvalue weighted by Crippen LogP contribution is 2.57. The number of hydrogen-bond acceptors (Lipinski definition) is 9. The van der Waals surface area contributed by atoms with Gasteiger partial charge in [-0.25, -0.2) is 0 Å². The number of benzene rings is 2. The summed E-state index contributed by atoms with van der Waals surface area (Å²) in [4.78, 5) is 28.6. The van der Waals surface area contributed by atoms with Crippen molar-refractivity contribution in [3.05, 3.63) is 45.0 Å². The number of carbonyl (C=O) groups excluding carboxylic acids is 2. The number of carbonyl (C=O) groups is 2. The van der Waals surface area contributed by atoms with E-state index >= 15 is 0 Å². The summed E-state index contributed by atoms with van der Waals surface area (Å²) in [5, 5.41) is 37.9. The number of nitrogens with one attached hydrogen (secondary N) is 2. The van der Waals surface area contributed by atoms with Crippen molar-refractivity contribution in [2.75, 3.05) is 20.4 Å². The number of aromatic hydroxyl groups is 2. The van der Waals surface area contributed by atoms with Crippen LogP contribution in [0.25, 0.3) is 0 Å². The van der Waals surface area contributed by atoms with Crippen molar-refractivity contribution in [3.63, 3.8) is 0 Å². The van der Waals surface area contributed by atoms with E-state index in [0.717, 1.165) is 29.2 Å². The van der Waals surface area contributed by atoms with Gasteiger partial charge in [-0.15, -0.1) is 0 Å². The maximum Gasteiger partial charge on any atom is 0.471 e. The van der Waals surface area contributed by atoms with Gasteiger partial charge in [-0.3, -0.25) is 19.4 Å². The van der Waals surface area contributed by atoms with Crippen molar-refractivity contribution in [3.8, 4) is 29.1 Å². The number of phenolic OH excluding ortho intramolecular Hbond substituents is 2. The minimum absolute atomic E-state index is 0.0188. The molecule has 4 aliphatic rings. The van der Waals surface area contributed by atoms with Gasteiger partial charge < -0.3 is 30.3 Å². The van der Waals surface area contributed by atoms with Crippen LogP contribution in [0, 0.1) is 32.1 Å². The predicted molar refractivity (Wildman–Crippen MR) is 153 cm³/mol. The summed E-state index contributed by atoms with van der Waals surface area (Å²) in [6.07, 6.45) is -4.41. The average Bonchev–Trinajstić information content (AvgIpc) is 3.47. The zero-order valence-electron chi connectivity index (χ0n) is 25.4. The lowest BCUT2D eigenvalue weighted by atomic mass is 9.71. The van der Waals surface area contributed by atoms with Crippen molar-refractivity contribution < 1.29 is 42.4 Å². The first kappa shape index (κ1) is 30.8. The molecule has 6 rings (SSSR count). The van der Waals surface area contributed by atoms with Crippen molar-refractivity contribution in [2.24, 2.45) is 0 Å². The summed E-state index contributed by atoms with van der Waals surface area (Å²) < 4.78 is 50.1. The summed E-state index contributed by atoms with van der Waals surface area (Å²) in [6, 6.07) is 0.326. The normalized spacial score (nSPS) is 25.8. The molecule has 6 atom stereocenters. The highest BCUT2D eigenvalue weighted by Gasteiger charge is 2.56. The fraction of sp³-hybridized carbons (Fsp3) is 0.516. The number of nitrogens with zero attached hydrogens (tertiary/aromatic N) is 3. The lowest BCUT2D eigenvalue weighted by Gasteiger charge is -2.60. The third-order valence-electron chi connectivity index (χ3n) is 9.93. The van der Waals surface area contributed by atoms with Gasteiger partial charge >= 0.3 is 12.1 Å². The molecule has 4 aliphatic heterocycles. The van der Waals surface area contributed by atoms with Crippen LogP contribution in [0.4, 0.5) is 13.2 Å². The molecule has 45 heavy (non-hydrogen) atoms. The molecule has 1 saturated heterocycles. The Kier molecular flexibility index (Phi) is 7.32. The number of hydrogen-bond donors (Lipinski definition) is 4. The number of likely N-dealkylation sites (N-methyl/N-ethyl adjacent to an activating group) is 1.